The molecule has 2 aliphatic heterocycles. The molecule has 0 atom stereocenters. The third-order valence-corrected chi connectivity index (χ3v) is 17.8. The van der Waals surface area contributed by atoms with Crippen molar-refractivity contribution in [2.24, 2.45) is 0 Å². The monoisotopic (exact) mass is 1200 g/mol. The van der Waals surface area contributed by atoms with Gasteiger partial charge in [0.25, 0.3) is 0 Å². The van der Waals surface area contributed by atoms with E-state index in [1.165, 1.54) is 231 Å². The number of nitrogens with one attached hydrogen (secondary N) is 2. The van der Waals surface area contributed by atoms with Gasteiger partial charge >= 0.3 is 0 Å². The summed E-state index contributed by atoms with van der Waals surface area (Å²) in [6.45, 7) is 11.9. The quantitative estimate of drug-likeness (QED) is 0.0369. The molecule has 2 aliphatic rings. The SMILES string of the molecule is CCCCCCCCCCCCOc1cc(OCCCCCCCCCCCC)cc(-c2c3nc(cc4ccc([nH]4)c(-c4cc(OCCCCCCCCCCCC)cc(OCCCCCCCCCCCC)c4)c4nc(cc5ccc2[nH]5)C=C4)C=C3)c1. The van der Waals surface area contributed by atoms with Crippen molar-refractivity contribution in [2.45, 2.75) is 285 Å². The summed E-state index contributed by atoms with van der Waals surface area (Å²) >= 11 is 0. The number of nitrogens with zero attached hydrogens (tertiary/aromatic N) is 2. The van der Waals surface area contributed by atoms with Crippen LogP contribution in [-0.4, -0.2) is 46.4 Å². The molecule has 0 amide bonds. The van der Waals surface area contributed by atoms with Crippen LogP contribution >= 0.6 is 0 Å². The van der Waals surface area contributed by atoms with E-state index in [1.807, 2.05) is 0 Å². The molecule has 2 aromatic carbocycles. The summed E-state index contributed by atoms with van der Waals surface area (Å²) in [7, 11) is 0. The highest BCUT2D eigenvalue weighted by atomic mass is 16.5. The van der Waals surface area contributed by atoms with E-state index in [1.54, 1.807) is 0 Å². The molecule has 8 bridgehead atoms. The molecule has 8 nitrogen and oxygen atoms in total. The molecule has 0 unspecified atom stereocenters. The predicted molar refractivity (Wildman–Crippen MR) is 379 cm³/mol. The molecule has 2 N–H and O–H groups in total. The number of hydrogen-bond acceptors (Lipinski definition) is 6. The van der Waals surface area contributed by atoms with Gasteiger partial charge in [-0.25, -0.2) is 9.97 Å². The highest BCUT2D eigenvalue weighted by Gasteiger charge is 2.17. The summed E-state index contributed by atoms with van der Waals surface area (Å²) in [6.07, 6.45) is 60.3. The van der Waals surface area contributed by atoms with Crippen LogP contribution in [0.25, 0.3) is 68.6 Å². The van der Waals surface area contributed by atoms with Crippen LogP contribution in [0.3, 0.4) is 0 Å². The standard InChI is InChI=1S/C80H118N4O4/c1-5-9-13-17-21-25-29-33-37-41-53-85-71-57-65(58-72(63-71)86-54-42-38-34-30-26-22-18-14-10-6-2)79-75-49-45-67(81-75)61-69-47-51-77(83-69)80(78-52-48-70(84-78)62-68-46-50-76(79)82-68)66-59-73(87-55-43-39-35-31-27-23-19-15-11-7-3)64-74(60-66)88-56-44-40-36-32-28-24-20-16-12-8-4/h45-52,57-64,81,84H,5-44,53-56H2,1-4H3. The first kappa shape index (κ1) is 69.7. The van der Waals surface area contributed by atoms with Crippen molar-refractivity contribution < 1.29 is 18.9 Å². The maximum absolute atomic E-state index is 6.64. The maximum Gasteiger partial charge on any atom is 0.123 e. The lowest BCUT2D eigenvalue weighted by atomic mass is 10.0. The van der Waals surface area contributed by atoms with Crippen LogP contribution in [0, 0.1) is 0 Å². The lowest BCUT2D eigenvalue weighted by Gasteiger charge is -2.14. The van der Waals surface area contributed by atoms with Crippen molar-refractivity contribution >= 4 is 46.4 Å². The van der Waals surface area contributed by atoms with Crippen LogP contribution in [0.15, 0.2) is 72.8 Å². The van der Waals surface area contributed by atoms with Crippen molar-refractivity contribution in [3.05, 3.63) is 95.6 Å². The predicted octanol–water partition coefficient (Wildman–Crippen LogP) is 25.2. The number of benzene rings is 2. The highest BCUT2D eigenvalue weighted by Crippen LogP contribution is 2.38. The second kappa shape index (κ2) is 43.0. The molecule has 88 heavy (non-hydrogen) atoms. The van der Waals surface area contributed by atoms with E-state index in [-0.39, 0.29) is 0 Å². The average Bonchev–Trinajstić information content (AvgIpc) is 4.22. The lowest BCUT2D eigenvalue weighted by Crippen LogP contribution is -2.01. The van der Waals surface area contributed by atoms with Gasteiger partial charge in [-0.05, 0) is 122 Å². The Labute approximate surface area is 534 Å². The van der Waals surface area contributed by atoms with E-state index in [2.05, 4.69) is 135 Å². The Hall–Kier alpha value is -5.76. The zero-order valence-electron chi connectivity index (χ0n) is 55.9. The number of H-pyrrole nitrogens is 2. The molecule has 7 rings (SSSR count). The molecule has 0 aliphatic carbocycles. The minimum absolute atomic E-state index is 0.682. The number of ether oxygens (including phenoxy) is 4. The summed E-state index contributed by atoms with van der Waals surface area (Å²) in [5, 5.41) is 0. The first-order valence-electron chi connectivity index (χ1n) is 36.5. The van der Waals surface area contributed by atoms with Gasteiger partial charge in [-0.15, -0.1) is 0 Å². The molecule has 0 spiro atoms. The number of unbranched alkanes of at least 4 members (excludes halogenated alkanes) is 36. The summed E-state index contributed by atoms with van der Waals surface area (Å²) < 4.78 is 26.6. The summed E-state index contributed by atoms with van der Waals surface area (Å²) in [6, 6.07) is 25.9. The number of aromatic nitrogens is 4. The summed E-state index contributed by atoms with van der Waals surface area (Å²) in [5.41, 5.74) is 11.4. The van der Waals surface area contributed by atoms with E-state index in [0.717, 1.165) is 116 Å². The Kier molecular flexibility index (Phi) is 34.1. The third kappa shape index (κ3) is 26.4. The van der Waals surface area contributed by atoms with E-state index in [9.17, 15) is 0 Å². The Morgan fingerprint density at radius 2 is 0.523 bits per heavy atom. The molecular weight excluding hydrogens is 1080 g/mol. The van der Waals surface area contributed by atoms with Crippen LogP contribution in [0.5, 0.6) is 23.0 Å². The average molecular weight is 1200 g/mol. The van der Waals surface area contributed by atoms with Gasteiger partial charge in [-0.2, -0.15) is 0 Å². The Bertz CT molecular complexity index is 2640. The molecule has 8 heteroatoms. The molecule has 0 fully saturated rings. The number of rotatable bonds is 50. The molecule has 0 saturated heterocycles. The van der Waals surface area contributed by atoms with Crippen LogP contribution in [-0.2, 0) is 0 Å². The molecule has 5 heterocycles. The maximum atomic E-state index is 6.64. The van der Waals surface area contributed by atoms with E-state index in [0.29, 0.717) is 26.4 Å². The highest BCUT2D eigenvalue weighted by molar-refractivity contribution is 5.94. The molecule has 482 valence electrons. The number of hydrogen-bond donors (Lipinski definition) is 2. The fraction of sp³-hybridized carbons (Fsp3) is 0.600. The van der Waals surface area contributed by atoms with Gasteiger partial charge in [0.1, 0.15) is 23.0 Å². The zero-order valence-corrected chi connectivity index (χ0v) is 55.9. The Morgan fingerprint density at radius 3 is 0.784 bits per heavy atom. The number of aromatic amines is 2. The topological polar surface area (TPSA) is 94.3 Å². The van der Waals surface area contributed by atoms with Crippen LogP contribution in [0.1, 0.15) is 307 Å². The molecule has 3 aromatic heterocycles. The summed E-state index contributed by atoms with van der Waals surface area (Å²) in [4.78, 5) is 18.3. The first-order chi connectivity index (χ1) is 43.5. The van der Waals surface area contributed by atoms with E-state index >= 15 is 0 Å². The van der Waals surface area contributed by atoms with Crippen LogP contribution in [0.4, 0.5) is 0 Å². The Balaban J connectivity index is 1.14. The second-order valence-corrected chi connectivity index (χ2v) is 25.7. The van der Waals surface area contributed by atoms with E-state index < -0.39 is 0 Å². The first-order valence-corrected chi connectivity index (χ1v) is 36.5. The fourth-order valence-electron chi connectivity index (χ4n) is 12.6. The minimum atomic E-state index is 0.682. The van der Waals surface area contributed by atoms with Gasteiger partial charge in [0, 0.05) is 45.3 Å². The van der Waals surface area contributed by atoms with Gasteiger partial charge in [0.05, 0.1) is 49.2 Å². The normalized spacial score (nSPS) is 12.0. The fourth-order valence-corrected chi connectivity index (χ4v) is 12.6. The van der Waals surface area contributed by atoms with Crippen molar-refractivity contribution in [3.8, 4) is 45.3 Å². The van der Waals surface area contributed by atoms with Crippen molar-refractivity contribution in [2.75, 3.05) is 26.4 Å². The Morgan fingerprint density at radius 1 is 0.273 bits per heavy atom. The molecule has 5 aromatic rings. The molecule has 0 saturated carbocycles. The van der Waals surface area contributed by atoms with Gasteiger partial charge in [-0.3, -0.25) is 0 Å². The summed E-state index contributed by atoms with van der Waals surface area (Å²) in [5.74, 6) is 3.34. The van der Waals surface area contributed by atoms with Gasteiger partial charge in [0.15, 0.2) is 0 Å². The minimum Gasteiger partial charge on any atom is -0.493 e. The van der Waals surface area contributed by atoms with Gasteiger partial charge in [0.2, 0.25) is 0 Å². The molecule has 0 radical (unpaired) electrons. The lowest BCUT2D eigenvalue weighted by molar-refractivity contribution is 0.289. The zero-order chi connectivity index (χ0) is 61.3. The van der Waals surface area contributed by atoms with Crippen molar-refractivity contribution in [1.82, 2.24) is 19.9 Å². The van der Waals surface area contributed by atoms with Crippen molar-refractivity contribution in [3.63, 3.8) is 0 Å². The largest absolute Gasteiger partial charge is 0.493 e. The van der Waals surface area contributed by atoms with E-state index in [4.69, 9.17) is 28.9 Å². The van der Waals surface area contributed by atoms with Crippen LogP contribution in [0.2, 0.25) is 0 Å². The van der Waals surface area contributed by atoms with Gasteiger partial charge in [-0.1, -0.05) is 259 Å². The van der Waals surface area contributed by atoms with Crippen molar-refractivity contribution in [1.29, 1.82) is 0 Å². The van der Waals surface area contributed by atoms with Gasteiger partial charge < -0.3 is 28.9 Å². The number of fused-ring (bicyclic) bond motifs is 8. The third-order valence-electron chi connectivity index (χ3n) is 17.8. The van der Waals surface area contributed by atoms with Crippen LogP contribution < -0.4 is 18.9 Å². The molecular formula is C80H118N4O4. The second-order valence-electron chi connectivity index (χ2n) is 25.7. The smallest absolute Gasteiger partial charge is 0.123 e.